The molecular weight excluding hydrogens is 422 g/mol. The van der Waals surface area contributed by atoms with Crippen molar-refractivity contribution in [3.63, 3.8) is 0 Å². The largest absolute Gasteiger partial charge is 0.488 e. The number of ether oxygens (including phenoxy) is 3. The third-order valence-corrected chi connectivity index (χ3v) is 6.74. The minimum Gasteiger partial charge on any atom is -0.488 e. The van der Waals surface area contributed by atoms with Gasteiger partial charge in [0.05, 0.1) is 18.4 Å². The van der Waals surface area contributed by atoms with E-state index in [0.29, 0.717) is 23.7 Å². The van der Waals surface area contributed by atoms with E-state index < -0.39 is 0 Å². The standard InChI is InChI=1S/C24H35N5O4/c1-28(17-9-7-8-10-17)24(30)32-16-21-23(26-27-29(21)2)19-13-14-22(20(25-19)15-31-3)33-18-11-5-4-6-12-18/h13-14,17-18H,4-12,15-16H2,1-3H3. The topological polar surface area (TPSA) is 91.6 Å². The van der Waals surface area contributed by atoms with Gasteiger partial charge in [-0.25, -0.2) is 14.5 Å². The van der Waals surface area contributed by atoms with Crippen molar-refractivity contribution >= 4 is 6.09 Å². The molecule has 2 fully saturated rings. The van der Waals surface area contributed by atoms with E-state index >= 15 is 0 Å². The molecule has 0 N–H and O–H groups in total. The van der Waals surface area contributed by atoms with Crippen LogP contribution in [-0.2, 0) is 29.7 Å². The first kappa shape index (κ1) is 23.5. The Bertz CT molecular complexity index is 935. The van der Waals surface area contributed by atoms with Crippen molar-refractivity contribution in [1.82, 2.24) is 24.9 Å². The maximum Gasteiger partial charge on any atom is 0.410 e. The molecule has 9 heteroatoms. The molecule has 1 amide bonds. The van der Waals surface area contributed by atoms with Crippen molar-refractivity contribution in [2.24, 2.45) is 7.05 Å². The van der Waals surface area contributed by atoms with E-state index in [2.05, 4.69) is 10.3 Å². The van der Waals surface area contributed by atoms with E-state index in [0.717, 1.165) is 50.0 Å². The molecule has 4 rings (SSSR count). The fourth-order valence-corrected chi connectivity index (χ4v) is 4.74. The van der Waals surface area contributed by atoms with Crippen LogP contribution in [0.15, 0.2) is 12.1 Å². The highest BCUT2D eigenvalue weighted by molar-refractivity contribution is 5.68. The van der Waals surface area contributed by atoms with Crippen LogP contribution in [0.5, 0.6) is 5.75 Å². The van der Waals surface area contributed by atoms with Crippen LogP contribution >= 0.6 is 0 Å². The highest BCUT2D eigenvalue weighted by Crippen LogP contribution is 2.29. The van der Waals surface area contributed by atoms with Gasteiger partial charge in [0.25, 0.3) is 0 Å². The summed E-state index contributed by atoms with van der Waals surface area (Å²) in [6.07, 6.45) is 10.1. The summed E-state index contributed by atoms with van der Waals surface area (Å²) >= 11 is 0. The normalized spacial score (nSPS) is 17.3. The SMILES string of the molecule is COCc1nc(-c2nnn(C)c2COC(=O)N(C)C2CCCC2)ccc1OC1CCCCC1. The predicted molar refractivity (Wildman–Crippen MR) is 123 cm³/mol. The van der Waals surface area contributed by atoms with Gasteiger partial charge in [-0.15, -0.1) is 5.10 Å². The number of nitrogens with zero attached hydrogens (tertiary/aromatic N) is 5. The highest BCUT2D eigenvalue weighted by Gasteiger charge is 2.26. The van der Waals surface area contributed by atoms with Gasteiger partial charge in [0, 0.05) is 27.2 Å². The van der Waals surface area contributed by atoms with Crippen LogP contribution in [0.25, 0.3) is 11.4 Å². The zero-order valence-electron chi connectivity index (χ0n) is 20.0. The maximum atomic E-state index is 12.6. The van der Waals surface area contributed by atoms with Crippen LogP contribution < -0.4 is 4.74 Å². The van der Waals surface area contributed by atoms with Gasteiger partial charge < -0.3 is 19.1 Å². The Morgan fingerprint density at radius 3 is 2.55 bits per heavy atom. The van der Waals surface area contributed by atoms with E-state index in [-0.39, 0.29) is 24.8 Å². The number of aryl methyl sites for hydroxylation is 1. The molecule has 2 aromatic heterocycles. The summed E-state index contributed by atoms with van der Waals surface area (Å²) in [5.74, 6) is 0.752. The van der Waals surface area contributed by atoms with Crippen molar-refractivity contribution < 1.29 is 19.0 Å². The number of pyridine rings is 1. The lowest BCUT2D eigenvalue weighted by atomic mass is 9.98. The minimum atomic E-state index is -0.321. The number of amides is 1. The van der Waals surface area contributed by atoms with Gasteiger partial charge in [-0.05, 0) is 50.7 Å². The van der Waals surface area contributed by atoms with Crippen LogP contribution in [-0.4, -0.2) is 57.3 Å². The monoisotopic (exact) mass is 457 g/mol. The zero-order chi connectivity index (χ0) is 23.2. The second-order valence-electron chi connectivity index (χ2n) is 9.06. The van der Waals surface area contributed by atoms with Crippen LogP contribution in [0.3, 0.4) is 0 Å². The summed E-state index contributed by atoms with van der Waals surface area (Å²) in [6.45, 7) is 0.420. The Morgan fingerprint density at radius 2 is 1.82 bits per heavy atom. The summed E-state index contributed by atoms with van der Waals surface area (Å²) in [7, 11) is 5.24. The number of methoxy groups -OCH3 is 1. The number of hydrogen-bond donors (Lipinski definition) is 0. The fourth-order valence-electron chi connectivity index (χ4n) is 4.74. The van der Waals surface area contributed by atoms with Gasteiger partial charge >= 0.3 is 6.09 Å². The lowest BCUT2D eigenvalue weighted by Crippen LogP contribution is -2.35. The molecule has 2 aliphatic rings. The molecule has 0 saturated heterocycles. The molecule has 2 heterocycles. The molecule has 0 aromatic carbocycles. The molecule has 2 aliphatic carbocycles. The Hall–Kier alpha value is -2.68. The summed E-state index contributed by atoms with van der Waals surface area (Å²) < 4.78 is 18.9. The van der Waals surface area contributed by atoms with E-state index in [1.807, 2.05) is 19.2 Å². The molecule has 0 bridgehead atoms. The molecular formula is C24H35N5O4. The third kappa shape index (κ3) is 5.63. The van der Waals surface area contributed by atoms with Crippen molar-refractivity contribution in [1.29, 1.82) is 0 Å². The van der Waals surface area contributed by atoms with Crippen molar-refractivity contribution in [2.45, 2.75) is 83.1 Å². The highest BCUT2D eigenvalue weighted by atomic mass is 16.6. The Balaban J connectivity index is 1.49. The first-order valence-electron chi connectivity index (χ1n) is 12.0. The van der Waals surface area contributed by atoms with Gasteiger partial charge in [0.15, 0.2) is 0 Å². The van der Waals surface area contributed by atoms with Crippen LogP contribution in [0.2, 0.25) is 0 Å². The van der Waals surface area contributed by atoms with E-state index in [1.54, 1.807) is 23.7 Å². The predicted octanol–water partition coefficient (Wildman–Crippen LogP) is 4.25. The van der Waals surface area contributed by atoms with Crippen LogP contribution in [0.1, 0.15) is 69.2 Å². The van der Waals surface area contributed by atoms with Gasteiger partial charge in [0.1, 0.15) is 29.4 Å². The second kappa shape index (κ2) is 11.0. The van der Waals surface area contributed by atoms with Gasteiger partial charge in [0.2, 0.25) is 0 Å². The summed E-state index contributed by atoms with van der Waals surface area (Å²) in [5.41, 5.74) is 2.67. The lowest BCUT2D eigenvalue weighted by molar-refractivity contribution is 0.0899. The van der Waals surface area contributed by atoms with E-state index in [9.17, 15) is 4.79 Å². The summed E-state index contributed by atoms with van der Waals surface area (Å²) in [5, 5.41) is 8.44. The molecule has 2 saturated carbocycles. The average molecular weight is 458 g/mol. The molecule has 33 heavy (non-hydrogen) atoms. The molecule has 0 aliphatic heterocycles. The molecule has 0 spiro atoms. The number of rotatable bonds is 8. The van der Waals surface area contributed by atoms with Crippen LogP contribution in [0.4, 0.5) is 4.79 Å². The molecule has 0 radical (unpaired) electrons. The van der Waals surface area contributed by atoms with Gasteiger partial charge in [-0.2, -0.15) is 0 Å². The fraction of sp³-hybridized carbons (Fsp3) is 0.667. The number of carbonyl (C=O) groups excluding carboxylic acids is 1. The van der Waals surface area contributed by atoms with Crippen molar-refractivity contribution in [3.05, 3.63) is 23.5 Å². The zero-order valence-corrected chi connectivity index (χ0v) is 20.0. The average Bonchev–Trinajstić information content (AvgIpc) is 3.49. The lowest BCUT2D eigenvalue weighted by Gasteiger charge is -2.24. The van der Waals surface area contributed by atoms with E-state index in [4.69, 9.17) is 19.2 Å². The summed E-state index contributed by atoms with van der Waals surface area (Å²) in [4.78, 5) is 19.1. The first-order chi connectivity index (χ1) is 16.1. The Morgan fingerprint density at radius 1 is 1.09 bits per heavy atom. The van der Waals surface area contributed by atoms with Gasteiger partial charge in [-0.3, -0.25) is 0 Å². The molecule has 0 atom stereocenters. The molecule has 0 unspecified atom stereocenters. The maximum absolute atomic E-state index is 12.6. The molecule has 2 aromatic rings. The van der Waals surface area contributed by atoms with Crippen molar-refractivity contribution in [3.8, 4) is 17.1 Å². The number of aromatic nitrogens is 4. The minimum absolute atomic E-state index is 0.0797. The van der Waals surface area contributed by atoms with E-state index in [1.165, 1.54) is 19.3 Å². The van der Waals surface area contributed by atoms with Gasteiger partial charge in [-0.1, -0.05) is 24.5 Å². The van der Waals surface area contributed by atoms with Crippen molar-refractivity contribution in [2.75, 3.05) is 14.2 Å². The number of carbonyl (C=O) groups is 1. The quantitative estimate of drug-likeness (QED) is 0.585. The number of hydrogen-bond acceptors (Lipinski definition) is 7. The summed E-state index contributed by atoms with van der Waals surface area (Å²) in [6, 6.07) is 4.08. The molecule has 180 valence electrons. The second-order valence-corrected chi connectivity index (χ2v) is 9.06. The molecule has 9 nitrogen and oxygen atoms in total. The third-order valence-electron chi connectivity index (χ3n) is 6.74. The first-order valence-corrected chi connectivity index (χ1v) is 12.0. The Labute approximate surface area is 195 Å². The smallest absolute Gasteiger partial charge is 0.410 e. The Kier molecular flexibility index (Phi) is 7.80. The van der Waals surface area contributed by atoms with Crippen LogP contribution in [0, 0.1) is 0 Å².